The zero-order valence-electron chi connectivity index (χ0n) is 13.8. The molecule has 0 atom stereocenters. The van der Waals surface area contributed by atoms with Crippen molar-refractivity contribution < 1.29 is 9.59 Å². The van der Waals surface area contributed by atoms with Crippen LogP contribution in [0.25, 0.3) is 0 Å². The summed E-state index contributed by atoms with van der Waals surface area (Å²) in [4.78, 5) is 33.0. The first-order valence-corrected chi connectivity index (χ1v) is 8.33. The van der Waals surface area contributed by atoms with Gasteiger partial charge >= 0.3 is 0 Å². The number of anilines is 1. The van der Waals surface area contributed by atoms with E-state index in [0.717, 1.165) is 31.6 Å². The molecule has 0 N–H and O–H groups in total. The van der Waals surface area contributed by atoms with Crippen LogP contribution >= 0.6 is 0 Å². The zero-order chi connectivity index (χ0) is 16.9. The molecule has 0 spiro atoms. The van der Waals surface area contributed by atoms with Gasteiger partial charge in [0.15, 0.2) is 0 Å². The van der Waals surface area contributed by atoms with Gasteiger partial charge in [0.1, 0.15) is 5.69 Å². The number of pyridine rings is 1. The van der Waals surface area contributed by atoms with Crippen LogP contribution in [0.4, 0.5) is 5.69 Å². The Hall–Kier alpha value is -2.69. The Morgan fingerprint density at radius 2 is 1.83 bits per heavy atom. The summed E-state index contributed by atoms with van der Waals surface area (Å²) in [5, 5.41) is 0. The molecule has 1 saturated heterocycles. The summed E-state index contributed by atoms with van der Waals surface area (Å²) in [7, 11) is 0. The maximum atomic E-state index is 12.8. The fourth-order valence-electron chi connectivity index (χ4n) is 2.97. The Labute approximate surface area is 141 Å². The zero-order valence-corrected chi connectivity index (χ0v) is 13.8. The molecule has 2 aromatic rings. The standard InChI is InChI=1S/C19H21N3O2/c1-2-22(16-8-4-3-5-9-16)18(23)15-10-11-20-17(14-15)19(24)21-12-6-7-13-21/h3-5,8-11,14H,2,6-7,12-13H2,1H3. The van der Waals surface area contributed by atoms with Crippen molar-refractivity contribution in [2.24, 2.45) is 0 Å². The number of carbonyl (C=O) groups excluding carboxylic acids is 2. The molecule has 124 valence electrons. The largest absolute Gasteiger partial charge is 0.337 e. The van der Waals surface area contributed by atoms with Crippen molar-refractivity contribution in [3.05, 3.63) is 59.9 Å². The van der Waals surface area contributed by atoms with E-state index in [1.165, 1.54) is 6.20 Å². The summed E-state index contributed by atoms with van der Waals surface area (Å²) in [5.41, 5.74) is 1.67. The minimum Gasteiger partial charge on any atom is -0.337 e. The molecule has 5 heteroatoms. The van der Waals surface area contributed by atoms with Gasteiger partial charge in [-0.05, 0) is 44.0 Å². The monoisotopic (exact) mass is 323 g/mol. The molecule has 0 saturated carbocycles. The number of hydrogen-bond donors (Lipinski definition) is 0. The number of para-hydroxylation sites is 1. The van der Waals surface area contributed by atoms with E-state index in [1.54, 1.807) is 21.9 Å². The highest BCUT2D eigenvalue weighted by Crippen LogP contribution is 2.18. The van der Waals surface area contributed by atoms with Gasteiger partial charge in [-0.1, -0.05) is 18.2 Å². The molecular formula is C19H21N3O2. The number of carbonyl (C=O) groups is 2. The van der Waals surface area contributed by atoms with E-state index in [0.29, 0.717) is 17.8 Å². The third kappa shape index (κ3) is 3.30. The first-order valence-electron chi connectivity index (χ1n) is 8.33. The van der Waals surface area contributed by atoms with Crippen LogP contribution in [-0.4, -0.2) is 41.3 Å². The van der Waals surface area contributed by atoms with Crippen LogP contribution in [0.2, 0.25) is 0 Å². The molecule has 0 radical (unpaired) electrons. The lowest BCUT2D eigenvalue weighted by molar-refractivity contribution is 0.0787. The highest BCUT2D eigenvalue weighted by atomic mass is 16.2. The minimum absolute atomic E-state index is 0.0927. The number of hydrogen-bond acceptors (Lipinski definition) is 3. The SMILES string of the molecule is CCN(C(=O)c1ccnc(C(=O)N2CCCC2)c1)c1ccccc1. The average molecular weight is 323 g/mol. The van der Waals surface area contributed by atoms with Gasteiger partial charge in [0.2, 0.25) is 0 Å². The van der Waals surface area contributed by atoms with Crippen molar-refractivity contribution in [3.63, 3.8) is 0 Å². The van der Waals surface area contributed by atoms with E-state index in [4.69, 9.17) is 0 Å². The van der Waals surface area contributed by atoms with Gasteiger partial charge in [0, 0.05) is 37.1 Å². The molecule has 24 heavy (non-hydrogen) atoms. The van der Waals surface area contributed by atoms with Crippen molar-refractivity contribution in [1.29, 1.82) is 0 Å². The normalized spacial score (nSPS) is 13.8. The smallest absolute Gasteiger partial charge is 0.272 e. The molecule has 1 aliphatic rings. The van der Waals surface area contributed by atoms with E-state index < -0.39 is 0 Å². The topological polar surface area (TPSA) is 53.5 Å². The fraction of sp³-hybridized carbons (Fsp3) is 0.316. The molecule has 2 heterocycles. The summed E-state index contributed by atoms with van der Waals surface area (Å²) in [6.45, 7) is 4.02. The number of aromatic nitrogens is 1. The van der Waals surface area contributed by atoms with Crippen LogP contribution in [0.3, 0.4) is 0 Å². The summed E-state index contributed by atoms with van der Waals surface area (Å²) in [6.07, 6.45) is 3.60. The first-order chi connectivity index (χ1) is 11.7. The molecular weight excluding hydrogens is 302 g/mol. The van der Waals surface area contributed by atoms with Crippen LogP contribution < -0.4 is 4.90 Å². The second kappa shape index (κ2) is 7.25. The summed E-state index contributed by atoms with van der Waals surface area (Å²) in [5.74, 6) is -0.216. The number of likely N-dealkylation sites (tertiary alicyclic amines) is 1. The third-order valence-electron chi connectivity index (χ3n) is 4.25. The molecule has 3 rings (SSSR count). The van der Waals surface area contributed by atoms with Crippen LogP contribution in [0, 0.1) is 0 Å². The number of rotatable bonds is 4. The Bertz CT molecular complexity index is 724. The van der Waals surface area contributed by atoms with Crippen molar-refractivity contribution in [3.8, 4) is 0 Å². The summed E-state index contributed by atoms with van der Waals surface area (Å²) >= 11 is 0. The van der Waals surface area contributed by atoms with Gasteiger partial charge < -0.3 is 9.80 Å². The number of amides is 2. The van der Waals surface area contributed by atoms with Crippen molar-refractivity contribution >= 4 is 17.5 Å². The average Bonchev–Trinajstić information content (AvgIpc) is 3.17. The van der Waals surface area contributed by atoms with Gasteiger partial charge in [-0.15, -0.1) is 0 Å². The van der Waals surface area contributed by atoms with Crippen LogP contribution in [0.1, 0.15) is 40.6 Å². The van der Waals surface area contributed by atoms with Crippen molar-refractivity contribution in [2.75, 3.05) is 24.5 Å². The van der Waals surface area contributed by atoms with Crippen molar-refractivity contribution in [1.82, 2.24) is 9.88 Å². The van der Waals surface area contributed by atoms with Gasteiger partial charge in [0.25, 0.3) is 11.8 Å². The lowest BCUT2D eigenvalue weighted by Crippen LogP contribution is -2.32. The maximum Gasteiger partial charge on any atom is 0.272 e. The molecule has 1 aromatic heterocycles. The molecule has 0 bridgehead atoms. The quantitative estimate of drug-likeness (QED) is 0.869. The second-order valence-corrected chi connectivity index (χ2v) is 5.81. The Balaban J connectivity index is 1.84. The maximum absolute atomic E-state index is 12.8. The number of benzene rings is 1. The molecule has 1 aliphatic heterocycles. The van der Waals surface area contributed by atoms with Crippen LogP contribution in [0.15, 0.2) is 48.7 Å². The highest BCUT2D eigenvalue weighted by Gasteiger charge is 2.22. The van der Waals surface area contributed by atoms with Crippen LogP contribution in [-0.2, 0) is 0 Å². The predicted octanol–water partition coefficient (Wildman–Crippen LogP) is 2.98. The second-order valence-electron chi connectivity index (χ2n) is 5.81. The summed E-state index contributed by atoms with van der Waals surface area (Å²) < 4.78 is 0. The van der Waals surface area contributed by atoms with E-state index in [1.807, 2.05) is 37.3 Å². The lowest BCUT2D eigenvalue weighted by atomic mass is 10.1. The molecule has 1 fully saturated rings. The van der Waals surface area contributed by atoms with Gasteiger partial charge in [-0.25, -0.2) is 0 Å². The summed E-state index contributed by atoms with van der Waals surface area (Å²) in [6, 6.07) is 12.8. The van der Waals surface area contributed by atoms with E-state index in [9.17, 15) is 9.59 Å². The molecule has 0 aliphatic carbocycles. The molecule has 1 aromatic carbocycles. The van der Waals surface area contributed by atoms with Crippen LogP contribution in [0.5, 0.6) is 0 Å². The molecule has 5 nitrogen and oxygen atoms in total. The molecule has 2 amide bonds. The highest BCUT2D eigenvalue weighted by molar-refractivity contribution is 6.07. The minimum atomic E-state index is -0.124. The molecule has 0 unspecified atom stereocenters. The van der Waals surface area contributed by atoms with E-state index in [2.05, 4.69) is 4.98 Å². The third-order valence-corrected chi connectivity index (χ3v) is 4.25. The predicted molar refractivity (Wildman–Crippen MR) is 93.2 cm³/mol. The first kappa shape index (κ1) is 16.2. The van der Waals surface area contributed by atoms with E-state index in [-0.39, 0.29) is 11.8 Å². The van der Waals surface area contributed by atoms with Gasteiger partial charge in [0.05, 0.1) is 0 Å². The number of nitrogens with zero attached hydrogens (tertiary/aromatic N) is 3. The fourth-order valence-corrected chi connectivity index (χ4v) is 2.97. The lowest BCUT2D eigenvalue weighted by Gasteiger charge is -2.21. The van der Waals surface area contributed by atoms with Gasteiger partial charge in [-0.2, -0.15) is 0 Å². The Morgan fingerprint density at radius 1 is 1.12 bits per heavy atom. The Morgan fingerprint density at radius 3 is 2.50 bits per heavy atom. The Kier molecular flexibility index (Phi) is 4.89. The van der Waals surface area contributed by atoms with E-state index >= 15 is 0 Å². The van der Waals surface area contributed by atoms with Gasteiger partial charge in [-0.3, -0.25) is 14.6 Å². The van der Waals surface area contributed by atoms with Crippen molar-refractivity contribution in [2.45, 2.75) is 19.8 Å².